The van der Waals surface area contributed by atoms with Crippen LogP contribution in [-0.2, 0) is 6.42 Å². The SMILES string of the molecule is CCc1c(-c2ccccc2)oc2ccc(O)cc12. The molecular weight excluding hydrogens is 224 g/mol. The number of aryl methyl sites for hydroxylation is 1. The molecule has 1 aromatic heterocycles. The van der Waals surface area contributed by atoms with Crippen LogP contribution < -0.4 is 0 Å². The molecule has 0 bridgehead atoms. The van der Waals surface area contributed by atoms with Crippen molar-refractivity contribution < 1.29 is 9.52 Å². The van der Waals surface area contributed by atoms with Gasteiger partial charge in [0.1, 0.15) is 17.1 Å². The molecule has 3 rings (SSSR count). The lowest BCUT2D eigenvalue weighted by molar-refractivity contribution is 0.476. The van der Waals surface area contributed by atoms with E-state index in [0.29, 0.717) is 0 Å². The smallest absolute Gasteiger partial charge is 0.138 e. The van der Waals surface area contributed by atoms with Gasteiger partial charge in [-0.15, -0.1) is 0 Å². The van der Waals surface area contributed by atoms with Crippen LogP contribution >= 0.6 is 0 Å². The van der Waals surface area contributed by atoms with E-state index in [2.05, 4.69) is 6.92 Å². The van der Waals surface area contributed by atoms with Crippen molar-refractivity contribution in [2.75, 3.05) is 0 Å². The molecule has 2 heteroatoms. The molecule has 90 valence electrons. The Labute approximate surface area is 105 Å². The van der Waals surface area contributed by atoms with Crippen molar-refractivity contribution in [3.8, 4) is 17.1 Å². The van der Waals surface area contributed by atoms with Crippen LogP contribution in [-0.4, -0.2) is 5.11 Å². The summed E-state index contributed by atoms with van der Waals surface area (Å²) in [6.45, 7) is 2.10. The fourth-order valence-corrected chi connectivity index (χ4v) is 2.31. The lowest BCUT2D eigenvalue weighted by Gasteiger charge is -1.99. The number of phenolic OH excluding ortho intramolecular Hbond substituents is 1. The van der Waals surface area contributed by atoms with E-state index in [1.54, 1.807) is 12.1 Å². The number of furan rings is 1. The summed E-state index contributed by atoms with van der Waals surface area (Å²) in [5.41, 5.74) is 3.04. The summed E-state index contributed by atoms with van der Waals surface area (Å²) in [6.07, 6.45) is 0.876. The Morgan fingerprint density at radius 1 is 1.06 bits per heavy atom. The minimum absolute atomic E-state index is 0.276. The number of aromatic hydroxyl groups is 1. The van der Waals surface area contributed by atoms with E-state index >= 15 is 0 Å². The minimum atomic E-state index is 0.276. The summed E-state index contributed by atoms with van der Waals surface area (Å²) in [6, 6.07) is 15.3. The third-order valence-electron chi connectivity index (χ3n) is 3.16. The second-order valence-electron chi connectivity index (χ2n) is 4.31. The van der Waals surface area contributed by atoms with Crippen molar-refractivity contribution >= 4 is 11.0 Å². The maximum absolute atomic E-state index is 9.59. The average Bonchev–Trinajstić information content (AvgIpc) is 2.77. The van der Waals surface area contributed by atoms with Gasteiger partial charge in [0.25, 0.3) is 0 Å². The van der Waals surface area contributed by atoms with Crippen molar-refractivity contribution in [1.82, 2.24) is 0 Å². The maximum atomic E-state index is 9.59. The largest absolute Gasteiger partial charge is 0.508 e. The lowest BCUT2D eigenvalue weighted by Crippen LogP contribution is -1.82. The van der Waals surface area contributed by atoms with Gasteiger partial charge in [0.2, 0.25) is 0 Å². The Morgan fingerprint density at radius 2 is 1.83 bits per heavy atom. The molecule has 0 fully saturated rings. The molecule has 3 aromatic rings. The summed E-state index contributed by atoms with van der Waals surface area (Å²) in [4.78, 5) is 0. The third-order valence-corrected chi connectivity index (χ3v) is 3.16. The Kier molecular flexibility index (Phi) is 2.56. The molecule has 1 heterocycles. The minimum Gasteiger partial charge on any atom is -0.508 e. The number of hydrogen-bond donors (Lipinski definition) is 1. The Bertz CT molecular complexity index is 681. The first-order valence-electron chi connectivity index (χ1n) is 6.09. The van der Waals surface area contributed by atoms with Gasteiger partial charge in [0.05, 0.1) is 0 Å². The van der Waals surface area contributed by atoms with Gasteiger partial charge in [0, 0.05) is 16.5 Å². The summed E-state index contributed by atoms with van der Waals surface area (Å²) in [5.74, 6) is 1.18. The first kappa shape index (κ1) is 10.9. The summed E-state index contributed by atoms with van der Waals surface area (Å²) < 4.78 is 5.92. The van der Waals surface area contributed by atoms with E-state index < -0.39 is 0 Å². The van der Waals surface area contributed by atoms with E-state index in [1.807, 2.05) is 36.4 Å². The second-order valence-corrected chi connectivity index (χ2v) is 4.31. The molecule has 18 heavy (non-hydrogen) atoms. The van der Waals surface area contributed by atoms with Crippen molar-refractivity contribution in [3.05, 3.63) is 54.1 Å². The highest BCUT2D eigenvalue weighted by Crippen LogP contribution is 2.35. The van der Waals surface area contributed by atoms with Gasteiger partial charge in [-0.2, -0.15) is 0 Å². The highest BCUT2D eigenvalue weighted by molar-refractivity contribution is 5.88. The summed E-state index contributed by atoms with van der Waals surface area (Å²) in [7, 11) is 0. The molecule has 2 nitrogen and oxygen atoms in total. The van der Waals surface area contributed by atoms with E-state index in [0.717, 1.165) is 34.3 Å². The first-order chi connectivity index (χ1) is 8.79. The molecule has 0 saturated heterocycles. The first-order valence-corrected chi connectivity index (χ1v) is 6.09. The van der Waals surface area contributed by atoms with Gasteiger partial charge in [-0.3, -0.25) is 0 Å². The molecule has 2 aromatic carbocycles. The molecular formula is C16H14O2. The highest BCUT2D eigenvalue weighted by Gasteiger charge is 2.14. The quantitative estimate of drug-likeness (QED) is 0.719. The van der Waals surface area contributed by atoms with Crippen molar-refractivity contribution in [2.45, 2.75) is 13.3 Å². The van der Waals surface area contributed by atoms with Gasteiger partial charge in [-0.25, -0.2) is 0 Å². The zero-order valence-corrected chi connectivity index (χ0v) is 10.2. The number of phenols is 1. The molecule has 0 aliphatic heterocycles. The molecule has 0 aliphatic carbocycles. The van der Waals surface area contributed by atoms with E-state index in [9.17, 15) is 5.11 Å². The van der Waals surface area contributed by atoms with Crippen LogP contribution in [0, 0.1) is 0 Å². The Hall–Kier alpha value is -2.22. The fourth-order valence-electron chi connectivity index (χ4n) is 2.31. The molecule has 1 N–H and O–H groups in total. The van der Waals surface area contributed by atoms with Gasteiger partial charge < -0.3 is 9.52 Å². The molecule has 0 amide bonds. The van der Waals surface area contributed by atoms with Gasteiger partial charge in [-0.05, 0) is 24.6 Å². The number of rotatable bonds is 2. The van der Waals surface area contributed by atoms with E-state index in [4.69, 9.17) is 4.42 Å². The fraction of sp³-hybridized carbons (Fsp3) is 0.125. The molecule has 0 atom stereocenters. The summed E-state index contributed by atoms with van der Waals surface area (Å²) in [5, 5.41) is 10.6. The zero-order chi connectivity index (χ0) is 12.5. The zero-order valence-electron chi connectivity index (χ0n) is 10.2. The maximum Gasteiger partial charge on any atom is 0.138 e. The van der Waals surface area contributed by atoms with Crippen LogP contribution in [0.15, 0.2) is 52.9 Å². The second kappa shape index (κ2) is 4.22. The van der Waals surface area contributed by atoms with Gasteiger partial charge in [0.15, 0.2) is 0 Å². The molecule has 0 saturated carbocycles. The van der Waals surface area contributed by atoms with Gasteiger partial charge in [-0.1, -0.05) is 37.3 Å². The highest BCUT2D eigenvalue weighted by atomic mass is 16.3. The lowest BCUT2D eigenvalue weighted by atomic mass is 10.0. The predicted molar refractivity (Wildman–Crippen MR) is 72.7 cm³/mol. The molecule has 0 unspecified atom stereocenters. The summed E-state index contributed by atoms with van der Waals surface area (Å²) >= 11 is 0. The van der Waals surface area contributed by atoms with Crippen LogP contribution in [0.4, 0.5) is 0 Å². The van der Waals surface area contributed by atoms with Crippen molar-refractivity contribution in [3.63, 3.8) is 0 Å². The monoisotopic (exact) mass is 238 g/mol. The van der Waals surface area contributed by atoms with Crippen LogP contribution in [0.2, 0.25) is 0 Å². The topological polar surface area (TPSA) is 33.4 Å². The molecule has 0 spiro atoms. The third kappa shape index (κ3) is 1.66. The Morgan fingerprint density at radius 3 is 2.56 bits per heavy atom. The molecule has 0 aliphatic rings. The Balaban J connectivity index is 2.30. The van der Waals surface area contributed by atoms with Crippen LogP contribution in [0.5, 0.6) is 5.75 Å². The number of hydrogen-bond acceptors (Lipinski definition) is 2. The number of benzene rings is 2. The van der Waals surface area contributed by atoms with E-state index in [-0.39, 0.29) is 5.75 Å². The average molecular weight is 238 g/mol. The normalized spacial score (nSPS) is 10.9. The van der Waals surface area contributed by atoms with Gasteiger partial charge >= 0.3 is 0 Å². The van der Waals surface area contributed by atoms with Crippen LogP contribution in [0.1, 0.15) is 12.5 Å². The number of fused-ring (bicyclic) bond motifs is 1. The van der Waals surface area contributed by atoms with Crippen molar-refractivity contribution in [2.24, 2.45) is 0 Å². The standard InChI is InChI=1S/C16H14O2/c1-2-13-14-10-12(17)8-9-15(14)18-16(13)11-6-4-3-5-7-11/h3-10,17H,2H2,1H3. The van der Waals surface area contributed by atoms with Crippen molar-refractivity contribution in [1.29, 1.82) is 0 Å². The van der Waals surface area contributed by atoms with Crippen LogP contribution in [0.25, 0.3) is 22.3 Å². The van der Waals surface area contributed by atoms with E-state index in [1.165, 1.54) is 0 Å². The predicted octanol–water partition coefficient (Wildman–Crippen LogP) is 4.37. The van der Waals surface area contributed by atoms with Crippen LogP contribution in [0.3, 0.4) is 0 Å². The molecule has 0 radical (unpaired) electrons.